The van der Waals surface area contributed by atoms with Crippen LogP contribution in [0.25, 0.3) is 0 Å². The van der Waals surface area contributed by atoms with Gasteiger partial charge in [0.1, 0.15) is 0 Å². The van der Waals surface area contributed by atoms with E-state index in [2.05, 4.69) is 5.32 Å². The largest absolute Gasteiger partial charge is 0.350 e. The van der Waals surface area contributed by atoms with Gasteiger partial charge in [-0.3, -0.25) is 9.10 Å². The highest BCUT2D eigenvalue weighted by atomic mass is 32.2. The zero-order valence-electron chi connectivity index (χ0n) is 17.3. The number of carbonyl (C=O) groups excluding carboxylic acids is 1. The summed E-state index contributed by atoms with van der Waals surface area (Å²) in [5.41, 5.74) is 4.87. The summed E-state index contributed by atoms with van der Waals surface area (Å²) in [7, 11) is -3.42. The number of aryl methyl sites for hydroxylation is 2. The van der Waals surface area contributed by atoms with Crippen molar-refractivity contribution in [3.8, 4) is 0 Å². The first-order chi connectivity index (χ1) is 13.1. The van der Waals surface area contributed by atoms with Crippen LogP contribution in [0.3, 0.4) is 0 Å². The molecule has 0 bridgehead atoms. The SMILES string of the molecule is Cc1ccc([C@@H](C)NC(=O)CCCN(c2cccc(C)c2C)S(C)(=O)=O)cc1. The molecule has 1 atom stereocenters. The third-order valence-electron chi connectivity index (χ3n) is 4.96. The number of nitrogens with one attached hydrogen (secondary N) is 1. The van der Waals surface area contributed by atoms with Gasteiger partial charge in [0, 0.05) is 13.0 Å². The lowest BCUT2D eigenvalue weighted by molar-refractivity contribution is -0.121. The Morgan fingerprint density at radius 2 is 1.71 bits per heavy atom. The van der Waals surface area contributed by atoms with Crippen molar-refractivity contribution in [2.45, 2.75) is 46.6 Å². The second-order valence-electron chi connectivity index (χ2n) is 7.36. The molecular weight excluding hydrogens is 372 g/mol. The van der Waals surface area contributed by atoms with E-state index < -0.39 is 10.0 Å². The van der Waals surface area contributed by atoms with Gasteiger partial charge < -0.3 is 5.32 Å². The maximum Gasteiger partial charge on any atom is 0.232 e. The maximum atomic E-state index is 12.3. The van der Waals surface area contributed by atoms with Crippen LogP contribution in [0.1, 0.15) is 48.1 Å². The Balaban J connectivity index is 1.97. The molecule has 1 N–H and O–H groups in total. The van der Waals surface area contributed by atoms with Crippen molar-refractivity contribution in [2.75, 3.05) is 17.1 Å². The van der Waals surface area contributed by atoms with E-state index in [0.717, 1.165) is 16.7 Å². The fraction of sp³-hybridized carbons (Fsp3) is 0.409. The minimum atomic E-state index is -3.42. The number of hydrogen-bond donors (Lipinski definition) is 1. The van der Waals surface area contributed by atoms with Gasteiger partial charge in [-0.2, -0.15) is 0 Å². The standard InChI is InChI=1S/C22H30N2O3S/c1-16-11-13-20(14-12-16)19(4)23-22(25)10-7-15-24(28(5,26)27)21-9-6-8-17(2)18(21)3/h6,8-9,11-14,19H,7,10,15H2,1-5H3,(H,23,25)/t19-/m1/s1. The molecule has 1 amide bonds. The number of hydrogen-bond acceptors (Lipinski definition) is 3. The summed E-state index contributed by atoms with van der Waals surface area (Å²) in [5.74, 6) is -0.0810. The summed E-state index contributed by atoms with van der Waals surface area (Å²) in [4.78, 5) is 12.3. The molecule has 0 aliphatic rings. The molecule has 0 fully saturated rings. The third kappa shape index (κ3) is 5.83. The molecule has 0 spiro atoms. The summed E-state index contributed by atoms with van der Waals surface area (Å²) in [5, 5.41) is 2.98. The molecule has 0 aliphatic carbocycles. The number of carbonyl (C=O) groups is 1. The third-order valence-corrected chi connectivity index (χ3v) is 6.14. The van der Waals surface area contributed by atoms with Crippen LogP contribution in [-0.2, 0) is 14.8 Å². The van der Waals surface area contributed by atoms with Gasteiger partial charge in [-0.25, -0.2) is 8.42 Å². The van der Waals surface area contributed by atoms with E-state index >= 15 is 0 Å². The van der Waals surface area contributed by atoms with Gasteiger partial charge in [0.05, 0.1) is 18.0 Å². The Kier molecular flexibility index (Phi) is 7.24. The van der Waals surface area contributed by atoms with Crippen molar-refractivity contribution < 1.29 is 13.2 Å². The Morgan fingerprint density at radius 3 is 2.32 bits per heavy atom. The van der Waals surface area contributed by atoms with Gasteiger partial charge in [0.25, 0.3) is 0 Å². The first kappa shape index (κ1) is 22.0. The van der Waals surface area contributed by atoms with E-state index in [1.165, 1.54) is 16.1 Å². The average molecular weight is 403 g/mol. The van der Waals surface area contributed by atoms with Crippen molar-refractivity contribution in [2.24, 2.45) is 0 Å². The Morgan fingerprint density at radius 1 is 1.07 bits per heavy atom. The van der Waals surface area contributed by atoms with Gasteiger partial charge in [-0.15, -0.1) is 0 Å². The molecule has 5 nitrogen and oxygen atoms in total. The predicted octanol–water partition coefficient (Wildman–Crippen LogP) is 4.04. The van der Waals surface area contributed by atoms with E-state index in [0.29, 0.717) is 12.1 Å². The topological polar surface area (TPSA) is 66.5 Å². The van der Waals surface area contributed by atoms with E-state index in [9.17, 15) is 13.2 Å². The van der Waals surface area contributed by atoms with Gasteiger partial charge in [0.15, 0.2) is 0 Å². The van der Waals surface area contributed by atoms with Crippen LogP contribution in [0.2, 0.25) is 0 Å². The van der Waals surface area contributed by atoms with E-state index in [1.54, 1.807) is 0 Å². The van der Waals surface area contributed by atoms with Gasteiger partial charge in [0.2, 0.25) is 15.9 Å². The lowest BCUT2D eigenvalue weighted by Gasteiger charge is -2.25. The molecular formula is C22H30N2O3S. The fourth-order valence-electron chi connectivity index (χ4n) is 3.11. The summed E-state index contributed by atoms with van der Waals surface area (Å²) < 4.78 is 26.0. The molecule has 0 radical (unpaired) electrons. The van der Waals surface area contributed by atoms with Crippen molar-refractivity contribution in [1.29, 1.82) is 0 Å². The highest BCUT2D eigenvalue weighted by Crippen LogP contribution is 2.25. The predicted molar refractivity (Wildman–Crippen MR) is 115 cm³/mol. The summed E-state index contributed by atoms with van der Waals surface area (Å²) in [6.07, 6.45) is 1.92. The smallest absolute Gasteiger partial charge is 0.232 e. The zero-order valence-corrected chi connectivity index (χ0v) is 18.1. The number of amides is 1. The Labute approximate surface area is 168 Å². The monoisotopic (exact) mass is 402 g/mol. The molecule has 6 heteroatoms. The summed E-state index contributed by atoms with van der Waals surface area (Å²) in [6.45, 7) is 8.12. The Hall–Kier alpha value is -2.34. The molecule has 0 saturated heterocycles. The van der Waals surface area contributed by atoms with E-state index in [1.807, 2.05) is 70.2 Å². The van der Waals surface area contributed by atoms with Crippen molar-refractivity contribution >= 4 is 21.6 Å². The Bertz CT molecular complexity index is 921. The number of sulfonamides is 1. The van der Waals surface area contributed by atoms with Crippen molar-refractivity contribution in [3.63, 3.8) is 0 Å². The fourth-order valence-corrected chi connectivity index (χ4v) is 4.12. The van der Waals surface area contributed by atoms with Crippen LogP contribution < -0.4 is 9.62 Å². The molecule has 28 heavy (non-hydrogen) atoms. The molecule has 2 aromatic carbocycles. The van der Waals surface area contributed by atoms with Crippen LogP contribution in [-0.4, -0.2) is 27.1 Å². The van der Waals surface area contributed by atoms with Crippen LogP contribution in [0, 0.1) is 20.8 Å². The maximum absolute atomic E-state index is 12.3. The number of benzene rings is 2. The van der Waals surface area contributed by atoms with Gasteiger partial charge >= 0.3 is 0 Å². The number of rotatable bonds is 8. The van der Waals surface area contributed by atoms with Gasteiger partial charge in [-0.1, -0.05) is 42.0 Å². The minimum absolute atomic E-state index is 0.0810. The van der Waals surface area contributed by atoms with E-state index in [-0.39, 0.29) is 24.9 Å². The van der Waals surface area contributed by atoms with Crippen LogP contribution in [0.4, 0.5) is 5.69 Å². The lowest BCUT2D eigenvalue weighted by Crippen LogP contribution is -2.33. The van der Waals surface area contributed by atoms with Gasteiger partial charge in [-0.05, 0) is 56.9 Å². The molecule has 0 aromatic heterocycles. The highest BCUT2D eigenvalue weighted by molar-refractivity contribution is 7.92. The van der Waals surface area contributed by atoms with Crippen molar-refractivity contribution in [1.82, 2.24) is 5.32 Å². The lowest BCUT2D eigenvalue weighted by atomic mass is 10.1. The number of anilines is 1. The first-order valence-electron chi connectivity index (χ1n) is 9.49. The van der Waals surface area contributed by atoms with Crippen LogP contribution >= 0.6 is 0 Å². The second-order valence-corrected chi connectivity index (χ2v) is 9.26. The van der Waals surface area contributed by atoms with Crippen LogP contribution in [0.15, 0.2) is 42.5 Å². The molecule has 0 aliphatic heterocycles. The molecule has 0 saturated carbocycles. The number of nitrogens with zero attached hydrogens (tertiary/aromatic N) is 1. The zero-order chi connectivity index (χ0) is 20.9. The second kappa shape index (κ2) is 9.24. The molecule has 0 unspecified atom stereocenters. The quantitative estimate of drug-likeness (QED) is 0.725. The van der Waals surface area contributed by atoms with E-state index in [4.69, 9.17) is 0 Å². The first-order valence-corrected chi connectivity index (χ1v) is 11.3. The summed E-state index contributed by atoms with van der Waals surface area (Å²) in [6, 6.07) is 13.6. The molecule has 0 heterocycles. The van der Waals surface area contributed by atoms with Crippen LogP contribution in [0.5, 0.6) is 0 Å². The van der Waals surface area contributed by atoms with Crippen molar-refractivity contribution in [3.05, 3.63) is 64.7 Å². The highest BCUT2D eigenvalue weighted by Gasteiger charge is 2.20. The average Bonchev–Trinajstić information content (AvgIpc) is 2.61. The molecule has 152 valence electrons. The normalized spacial score (nSPS) is 12.5. The molecule has 2 rings (SSSR count). The summed E-state index contributed by atoms with van der Waals surface area (Å²) >= 11 is 0. The molecule has 2 aromatic rings. The minimum Gasteiger partial charge on any atom is -0.350 e.